The number of aryl methyl sites for hydroxylation is 1. The van der Waals surface area contributed by atoms with Crippen LogP contribution in [0.3, 0.4) is 0 Å². The summed E-state index contributed by atoms with van der Waals surface area (Å²) < 4.78 is 28.9. The number of nitrogens with zero attached hydrogens (tertiary/aromatic N) is 2. The van der Waals surface area contributed by atoms with Crippen molar-refractivity contribution in [1.82, 2.24) is 9.88 Å². The first kappa shape index (κ1) is 15.7. The number of sulfone groups is 1. The molecular formula is C14H18N2O4S2. The topological polar surface area (TPSA) is 83.6 Å². The number of furan rings is 1. The Labute approximate surface area is 133 Å². The molecule has 0 aromatic carbocycles. The van der Waals surface area contributed by atoms with Crippen molar-refractivity contribution in [3.05, 3.63) is 40.2 Å². The third kappa shape index (κ3) is 3.57. The molecule has 0 saturated carbocycles. The van der Waals surface area contributed by atoms with Crippen LogP contribution in [0, 0.1) is 6.92 Å². The van der Waals surface area contributed by atoms with E-state index in [0.29, 0.717) is 13.1 Å². The maximum Gasteiger partial charge on any atom is 0.154 e. The SMILES string of the molecule is Cc1nc(CN(Cc2ccco2)C2CS(=O)(=O)CC2O)cs1. The van der Waals surface area contributed by atoms with Gasteiger partial charge in [0, 0.05) is 11.9 Å². The number of hydrogen-bond donors (Lipinski definition) is 1. The van der Waals surface area contributed by atoms with Crippen molar-refractivity contribution in [2.75, 3.05) is 11.5 Å². The van der Waals surface area contributed by atoms with Crippen LogP contribution in [0.2, 0.25) is 0 Å². The summed E-state index contributed by atoms with van der Waals surface area (Å²) in [5.41, 5.74) is 0.880. The van der Waals surface area contributed by atoms with E-state index in [9.17, 15) is 13.5 Å². The predicted octanol–water partition coefficient (Wildman–Crippen LogP) is 1.20. The minimum atomic E-state index is -3.20. The van der Waals surface area contributed by atoms with Crippen LogP contribution in [-0.2, 0) is 22.9 Å². The third-order valence-electron chi connectivity index (χ3n) is 3.73. The Morgan fingerprint density at radius 3 is 2.82 bits per heavy atom. The maximum atomic E-state index is 11.8. The van der Waals surface area contributed by atoms with E-state index in [0.717, 1.165) is 16.5 Å². The predicted molar refractivity (Wildman–Crippen MR) is 83.3 cm³/mol. The summed E-state index contributed by atoms with van der Waals surface area (Å²) in [6, 6.07) is 3.20. The molecule has 1 aliphatic rings. The molecule has 2 atom stereocenters. The van der Waals surface area contributed by atoms with Crippen LogP contribution >= 0.6 is 11.3 Å². The summed E-state index contributed by atoms with van der Waals surface area (Å²) in [6.45, 7) is 2.86. The van der Waals surface area contributed by atoms with Gasteiger partial charge in [0.25, 0.3) is 0 Å². The normalized spacial score (nSPS) is 24.1. The molecule has 1 N–H and O–H groups in total. The second kappa shape index (κ2) is 6.11. The second-order valence-electron chi connectivity index (χ2n) is 5.55. The molecule has 1 fully saturated rings. The van der Waals surface area contributed by atoms with Gasteiger partial charge in [0.15, 0.2) is 9.84 Å². The quantitative estimate of drug-likeness (QED) is 0.879. The van der Waals surface area contributed by atoms with Crippen molar-refractivity contribution in [2.24, 2.45) is 0 Å². The van der Waals surface area contributed by atoms with E-state index in [1.54, 1.807) is 23.7 Å². The Balaban J connectivity index is 1.82. The van der Waals surface area contributed by atoms with E-state index in [2.05, 4.69) is 4.98 Å². The number of thiazole rings is 1. The molecule has 0 amide bonds. The highest BCUT2D eigenvalue weighted by atomic mass is 32.2. The minimum absolute atomic E-state index is 0.0298. The van der Waals surface area contributed by atoms with Crippen LogP contribution in [0.25, 0.3) is 0 Å². The Morgan fingerprint density at radius 2 is 2.27 bits per heavy atom. The summed E-state index contributed by atoms with van der Waals surface area (Å²) in [7, 11) is -3.20. The summed E-state index contributed by atoms with van der Waals surface area (Å²) in [4.78, 5) is 6.36. The first-order valence-electron chi connectivity index (χ1n) is 6.99. The van der Waals surface area contributed by atoms with Gasteiger partial charge in [-0.15, -0.1) is 11.3 Å². The van der Waals surface area contributed by atoms with E-state index >= 15 is 0 Å². The summed E-state index contributed by atoms with van der Waals surface area (Å²) in [6.07, 6.45) is 0.710. The van der Waals surface area contributed by atoms with Gasteiger partial charge in [0.05, 0.1) is 47.2 Å². The van der Waals surface area contributed by atoms with Gasteiger partial charge in [-0.2, -0.15) is 0 Å². The van der Waals surface area contributed by atoms with Crippen LogP contribution in [0.5, 0.6) is 0 Å². The molecule has 1 saturated heterocycles. The van der Waals surface area contributed by atoms with Crippen molar-refractivity contribution in [3.8, 4) is 0 Å². The highest BCUT2D eigenvalue weighted by Crippen LogP contribution is 2.23. The third-order valence-corrected chi connectivity index (χ3v) is 6.25. The standard InChI is InChI=1S/C14H18N2O4S2/c1-10-15-11(7-21-10)5-16(6-12-3-2-4-20-12)13-8-22(18,19)9-14(13)17/h2-4,7,13-14,17H,5-6,8-9H2,1H3. The molecule has 1 aliphatic heterocycles. The van der Waals surface area contributed by atoms with Gasteiger partial charge in [0.2, 0.25) is 0 Å². The van der Waals surface area contributed by atoms with Crippen LogP contribution in [0.15, 0.2) is 28.2 Å². The molecule has 0 radical (unpaired) electrons. The van der Waals surface area contributed by atoms with E-state index in [4.69, 9.17) is 4.42 Å². The van der Waals surface area contributed by atoms with Gasteiger partial charge < -0.3 is 9.52 Å². The van der Waals surface area contributed by atoms with E-state index in [1.165, 1.54) is 0 Å². The Morgan fingerprint density at radius 1 is 1.45 bits per heavy atom. The zero-order valence-corrected chi connectivity index (χ0v) is 13.8. The van der Waals surface area contributed by atoms with Crippen LogP contribution in [0.4, 0.5) is 0 Å². The molecule has 120 valence electrons. The molecule has 6 nitrogen and oxygen atoms in total. The molecule has 3 heterocycles. The lowest BCUT2D eigenvalue weighted by Gasteiger charge is -2.28. The Bertz CT molecular complexity index is 724. The molecular weight excluding hydrogens is 324 g/mol. The molecule has 3 rings (SSSR count). The number of aliphatic hydroxyl groups is 1. The van der Waals surface area contributed by atoms with Crippen molar-refractivity contribution in [2.45, 2.75) is 32.2 Å². The molecule has 2 aromatic heterocycles. The van der Waals surface area contributed by atoms with Crippen molar-refractivity contribution < 1.29 is 17.9 Å². The zero-order chi connectivity index (χ0) is 15.7. The average Bonchev–Trinajstić information content (AvgIpc) is 3.11. The summed E-state index contributed by atoms with van der Waals surface area (Å²) in [5, 5.41) is 13.1. The fourth-order valence-electron chi connectivity index (χ4n) is 2.74. The number of aliphatic hydroxyl groups excluding tert-OH is 1. The molecule has 8 heteroatoms. The lowest BCUT2D eigenvalue weighted by molar-refractivity contribution is 0.0679. The highest BCUT2D eigenvalue weighted by Gasteiger charge is 2.40. The zero-order valence-electron chi connectivity index (χ0n) is 12.2. The Kier molecular flexibility index (Phi) is 4.35. The molecule has 2 unspecified atom stereocenters. The van der Waals surface area contributed by atoms with Crippen molar-refractivity contribution in [3.63, 3.8) is 0 Å². The van der Waals surface area contributed by atoms with Gasteiger partial charge in [-0.05, 0) is 19.1 Å². The maximum absolute atomic E-state index is 11.8. The fraction of sp³-hybridized carbons (Fsp3) is 0.500. The smallest absolute Gasteiger partial charge is 0.154 e. The molecule has 0 aliphatic carbocycles. The molecule has 2 aromatic rings. The summed E-state index contributed by atoms with van der Waals surface area (Å²) in [5.74, 6) is 0.531. The summed E-state index contributed by atoms with van der Waals surface area (Å²) >= 11 is 1.56. The fourth-order valence-corrected chi connectivity index (χ4v) is 5.18. The number of hydrogen-bond acceptors (Lipinski definition) is 7. The minimum Gasteiger partial charge on any atom is -0.468 e. The first-order valence-corrected chi connectivity index (χ1v) is 9.69. The van der Waals surface area contributed by atoms with Gasteiger partial charge in [0.1, 0.15) is 5.76 Å². The van der Waals surface area contributed by atoms with Gasteiger partial charge >= 0.3 is 0 Å². The largest absolute Gasteiger partial charge is 0.468 e. The van der Waals surface area contributed by atoms with Gasteiger partial charge in [-0.25, -0.2) is 13.4 Å². The number of aromatic nitrogens is 1. The second-order valence-corrected chi connectivity index (χ2v) is 8.77. The van der Waals surface area contributed by atoms with Crippen LogP contribution in [0.1, 0.15) is 16.5 Å². The van der Waals surface area contributed by atoms with Gasteiger partial charge in [-0.1, -0.05) is 0 Å². The monoisotopic (exact) mass is 342 g/mol. The van der Waals surface area contributed by atoms with E-state index < -0.39 is 22.0 Å². The first-order chi connectivity index (χ1) is 10.4. The molecule has 22 heavy (non-hydrogen) atoms. The highest BCUT2D eigenvalue weighted by molar-refractivity contribution is 7.91. The molecule has 0 spiro atoms. The van der Waals surface area contributed by atoms with Crippen LogP contribution in [-0.4, -0.2) is 47.1 Å². The molecule has 0 bridgehead atoms. The van der Waals surface area contributed by atoms with Crippen molar-refractivity contribution in [1.29, 1.82) is 0 Å². The van der Waals surface area contributed by atoms with Crippen LogP contribution < -0.4 is 0 Å². The Hall–Kier alpha value is -1.22. The lowest BCUT2D eigenvalue weighted by atomic mass is 10.1. The lowest BCUT2D eigenvalue weighted by Crippen LogP contribution is -2.42. The van der Waals surface area contributed by atoms with E-state index in [1.807, 2.05) is 23.3 Å². The van der Waals surface area contributed by atoms with E-state index in [-0.39, 0.29) is 11.5 Å². The number of rotatable bonds is 5. The van der Waals surface area contributed by atoms with Crippen molar-refractivity contribution >= 4 is 21.2 Å². The van der Waals surface area contributed by atoms with Gasteiger partial charge in [-0.3, -0.25) is 4.90 Å². The average molecular weight is 342 g/mol.